The van der Waals surface area contributed by atoms with Crippen LogP contribution in [-0.2, 0) is 11.2 Å². The lowest BCUT2D eigenvalue weighted by Crippen LogP contribution is -2.22. The van der Waals surface area contributed by atoms with Crippen LogP contribution in [0, 0.1) is 6.92 Å². The van der Waals surface area contributed by atoms with Gasteiger partial charge in [0.05, 0.1) is 28.7 Å². The molecule has 38 heavy (non-hydrogen) atoms. The molecule has 0 atom stereocenters. The number of ether oxygens (including phenoxy) is 2. The smallest absolute Gasteiger partial charge is 0.282 e. The summed E-state index contributed by atoms with van der Waals surface area (Å²) in [6.45, 7) is 3.66. The van der Waals surface area contributed by atoms with Gasteiger partial charge in [0.15, 0.2) is 18.1 Å². The number of carbonyl (C=O) groups excluding carboxylic acids is 1. The van der Waals surface area contributed by atoms with Crippen molar-refractivity contribution >= 4 is 76.5 Å². The van der Waals surface area contributed by atoms with Crippen molar-refractivity contribution in [3.05, 3.63) is 89.3 Å². The van der Waals surface area contributed by atoms with E-state index in [1.54, 1.807) is 18.2 Å². The molecule has 0 aliphatic carbocycles. The molecular formula is C27H23Br3N4O4. The van der Waals surface area contributed by atoms with Crippen LogP contribution in [0.25, 0.3) is 10.9 Å². The fourth-order valence-corrected chi connectivity index (χ4v) is 4.92. The van der Waals surface area contributed by atoms with Crippen molar-refractivity contribution in [2.45, 2.75) is 20.3 Å². The van der Waals surface area contributed by atoms with Crippen LogP contribution in [0.2, 0.25) is 0 Å². The Balaban J connectivity index is 1.61. The van der Waals surface area contributed by atoms with Gasteiger partial charge in [-0.05, 0) is 75.2 Å². The Morgan fingerprint density at radius 2 is 1.84 bits per heavy atom. The van der Waals surface area contributed by atoms with Crippen molar-refractivity contribution in [1.29, 1.82) is 0 Å². The standard InChI is InChI=1S/C27H23Br3N4O4/c1-4-22-33-20-10-7-17(28)12-19(20)27(36)34(22)31-13-16-11-21(37-3)26(25(30)24(16)29)38-14-23(35)32-18-8-5-15(2)6-9-18/h5-13H,4,14H2,1-3H3,(H,32,35). The molecule has 0 aliphatic heterocycles. The molecule has 4 aromatic rings. The van der Waals surface area contributed by atoms with Gasteiger partial charge < -0.3 is 14.8 Å². The molecule has 196 valence electrons. The molecule has 0 bridgehead atoms. The fraction of sp³-hybridized carbons (Fsp3) is 0.185. The first-order valence-electron chi connectivity index (χ1n) is 11.5. The highest BCUT2D eigenvalue weighted by molar-refractivity contribution is 9.13. The Kier molecular flexibility index (Phi) is 9.01. The molecule has 3 aromatic carbocycles. The molecular weight excluding hydrogens is 684 g/mol. The normalized spacial score (nSPS) is 11.2. The third kappa shape index (κ3) is 6.16. The average molecular weight is 707 g/mol. The first-order chi connectivity index (χ1) is 18.2. The Labute approximate surface area is 244 Å². The number of hydrogen-bond donors (Lipinski definition) is 1. The summed E-state index contributed by atoms with van der Waals surface area (Å²) in [7, 11) is 1.50. The number of halogens is 3. The summed E-state index contributed by atoms with van der Waals surface area (Å²) in [6, 6.07) is 14.6. The summed E-state index contributed by atoms with van der Waals surface area (Å²) in [6.07, 6.45) is 2.06. The predicted octanol–water partition coefficient (Wildman–Crippen LogP) is 6.46. The largest absolute Gasteiger partial charge is 0.493 e. The molecule has 1 aromatic heterocycles. The third-order valence-electron chi connectivity index (χ3n) is 5.56. The van der Waals surface area contributed by atoms with Crippen LogP contribution < -0.4 is 20.3 Å². The fourth-order valence-electron chi connectivity index (χ4n) is 3.62. The molecule has 11 heteroatoms. The molecule has 0 spiro atoms. The zero-order valence-electron chi connectivity index (χ0n) is 20.7. The number of rotatable bonds is 8. The van der Waals surface area contributed by atoms with E-state index in [1.807, 2.05) is 44.2 Å². The van der Waals surface area contributed by atoms with Crippen LogP contribution in [0.1, 0.15) is 23.9 Å². The SMILES string of the molecule is CCc1nc2ccc(Br)cc2c(=O)n1N=Cc1cc(OC)c(OCC(=O)Nc2ccc(C)cc2)c(Br)c1Br. The molecule has 0 unspecified atom stereocenters. The maximum Gasteiger partial charge on any atom is 0.282 e. The first-order valence-corrected chi connectivity index (χ1v) is 13.9. The van der Waals surface area contributed by atoms with Crippen molar-refractivity contribution in [3.63, 3.8) is 0 Å². The quantitative estimate of drug-likeness (QED) is 0.212. The summed E-state index contributed by atoms with van der Waals surface area (Å²) in [4.78, 5) is 30.2. The lowest BCUT2D eigenvalue weighted by Gasteiger charge is -2.15. The van der Waals surface area contributed by atoms with Gasteiger partial charge in [-0.15, -0.1) is 0 Å². The molecule has 0 aliphatic rings. The Hall–Kier alpha value is -3.02. The number of carbonyl (C=O) groups is 1. The van der Waals surface area contributed by atoms with Crippen molar-refractivity contribution in [1.82, 2.24) is 9.66 Å². The number of nitrogens with zero attached hydrogens (tertiary/aromatic N) is 3. The minimum atomic E-state index is -0.313. The second-order valence-corrected chi connectivity index (χ2v) is 10.7. The van der Waals surface area contributed by atoms with Crippen LogP contribution in [0.4, 0.5) is 5.69 Å². The van der Waals surface area contributed by atoms with E-state index >= 15 is 0 Å². The van der Waals surface area contributed by atoms with Crippen molar-refractivity contribution in [3.8, 4) is 11.5 Å². The van der Waals surface area contributed by atoms with Gasteiger partial charge in [-0.25, -0.2) is 4.98 Å². The van der Waals surface area contributed by atoms with Crippen molar-refractivity contribution < 1.29 is 14.3 Å². The Bertz CT molecular complexity index is 1600. The highest BCUT2D eigenvalue weighted by atomic mass is 79.9. The van der Waals surface area contributed by atoms with E-state index in [2.05, 4.69) is 63.2 Å². The highest BCUT2D eigenvalue weighted by Crippen LogP contribution is 2.42. The van der Waals surface area contributed by atoms with Gasteiger partial charge in [0.2, 0.25) is 0 Å². The number of nitrogens with one attached hydrogen (secondary N) is 1. The van der Waals surface area contributed by atoms with Gasteiger partial charge in [-0.1, -0.05) is 40.5 Å². The summed E-state index contributed by atoms with van der Waals surface area (Å²) in [5.41, 5.74) is 2.74. The maximum atomic E-state index is 13.2. The highest BCUT2D eigenvalue weighted by Gasteiger charge is 2.18. The summed E-state index contributed by atoms with van der Waals surface area (Å²) in [5.74, 6) is 0.946. The van der Waals surface area contributed by atoms with E-state index < -0.39 is 0 Å². The summed E-state index contributed by atoms with van der Waals surface area (Å²) in [5, 5.41) is 7.71. The van der Waals surface area contributed by atoms with Crippen molar-refractivity contribution in [2.75, 3.05) is 19.0 Å². The van der Waals surface area contributed by atoms with Gasteiger partial charge in [-0.3, -0.25) is 9.59 Å². The third-order valence-corrected chi connectivity index (χ3v) is 8.20. The van der Waals surface area contributed by atoms with Crippen LogP contribution in [0.15, 0.2) is 71.8 Å². The van der Waals surface area contributed by atoms with Gasteiger partial charge in [-0.2, -0.15) is 9.78 Å². The Morgan fingerprint density at radius 1 is 1.11 bits per heavy atom. The minimum absolute atomic E-state index is 0.226. The van der Waals surface area contributed by atoms with E-state index in [0.717, 1.165) is 10.0 Å². The van der Waals surface area contributed by atoms with E-state index in [-0.39, 0.29) is 18.1 Å². The lowest BCUT2D eigenvalue weighted by atomic mass is 10.2. The number of amides is 1. The summed E-state index contributed by atoms with van der Waals surface area (Å²) < 4.78 is 14.5. The van der Waals surface area contributed by atoms with Crippen LogP contribution >= 0.6 is 47.8 Å². The number of aromatic nitrogens is 2. The summed E-state index contributed by atoms with van der Waals surface area (Å²) >= 11 is 10.5. The Morgan fingerprint density at radius 3 is 2.53 bits per heavy atom. The molecule has 0 radical (unpaired) electrons. The number of benzene rings is 3. The van der Waals surface area contributed by atoms with Gasteiger partial charge in [0.25, 0.3) is 11.5 Å². The number of fused-ring (bicyclic) bond motifs is 1. The molecule has 0 fully saturated rings. The van der Waals surface area contributed by atoms with Crippen LogP contribution in [0.3, 0.4) is 0 Å². The van der Waals surface area contributed by atoms with Crippen molar-refractivity contribution in [2.24, 2.45) is 5.10 Å². The molecule has 1 heterocycles. The number of methoxy groups -OCH3 is 1. The maximum absolute atomic E-state index is 13.2. The molecule has 8 nitrogen and oxygen atoms in total. The van der Waals surface area contributed by atoms with Gasteiger partial charge >= 0.3 is 0 Å². The number of hydrogen-bond acceptors (Lipinski definition) is 6. The second-order valence-electron chi connectivity index (χ2n) is 8.23. The molecule has 0 saturated carbocycles. The number of aryl methyl sites for hydroxylation is 2. The second kappa shape index (κ2) is 12.2. The average Bonchev–Trinajstić information content (AvgIpc) is 2.91. The van der Waals surface area contributed by atoms with E-state index in [4.69, 9.17) is 9.47 Å². The van der Waals surface area contributed by atoms with E-state index in [0.29, 0.717) is 54.8 Å². The first kappa shape index (κ1) is 28.0. The number of anilines is 1. The van der Waals surface area contributed by atoms with Crippen LogP contribution in [0.5, 0.6) is 11.5 Å². The monoisotopic (exact) mass is 704 g/mol. The van der Waals surface area contributed by atoms with E-state index in [1.165, 1.54) is 18.0 Å². The van der Waals surface area contributed by atoms with Crippen LogP contribution in [-0.4, -0.2) is 35.5 Å². The molecule has 1 amide bonds. The lowest BCUT2D eigenvalue weighted by molar-refractivity contribution is -0.118. The van der Waals surface area contributed by atoms with Gasteiger partial charge in [0, 0.05) is 26.6 Å². The molecule has 1 N–H and O–H groups in total. The topological polar surface area (TPSA) is 94.8 Å². The zero-order valence-corrected chi connectivity index (χ0v) is 25.5. The van der Waals surface area contributed by atoms with Gasteiger partial charge in [0.1, 0.15) is 5.82 Å². The zero-order chi connectivity index (χ0) is 27.4. The molecule has 0 saturated heterocycles. The molecule has 4 rings (SSSR count). The van der Waals surface area contributed by atoms with E-state index in [9.17, 15) is 9.59 Å². The minimum Gasteiger partial charge on any atom is -0.493 e. The predicted molar refractivity (Wildman–Crippen MR) is 160 cm³/mol.